The van der Waals surface area contributed by atoms with E-state index in [1.165, 1.54) is 16.2 Å². The van der Waals surface area contributed by atoms with Gasteiger partial charge in [0, 0.05) is 42.3 Å². The minimum atomic E-state index is -0.618. The third-order valence-corrected chi connectivity index (χ3v) is 9.16. The zero-order valence-electron chi connectivity index (χ0n) is 27.7. The summed E-state index contributed by atoms with van der Waals surface area (Å²) in [5.74, 6) is -1.31. The number of benzene rings is 1. The van der Waals surface area contributed by atoms with Crippen molar-refractivity contribution in [3.8, 4) is 0 Å². The summed E-state index contributed by atoms with van der Waals surface area (Å²) in [5, 5.41) is 11.1. The number of carbonyl (C=O) groups excluding carboxylic acids is 4. The van der Waals surface area contributed by atoms with Crippen LogP contribution in [0.2, 0.25) is 0 Å². The van der Waals surface area contributed by atoms with Gasteiger partial charge in [0.2, 0.25) is 11.8 Å². The molecule has 13 nitrogen and oxygen atoms in total. The Labute approximate surface area is 278 Å². The zero-order valence-corrected chi connectivity index (χ0v) is 28.5. The van der Waals surface area contributed by atoms with Gasteiger partial charge in [-0.15, -0.1) is 11.3 Å². The molecular weight excluding hydrogens is 622 g/mol. The minimum absolute atomic E-state index is 0.0566. The van der Waals surface area contributed by atoms with E-state index in [1.54, 1.807) is 31.4 Å². The standard InChI is InChI=1S/C33H43N7O6S/c1-18(2)26-31-38-28(21(6)46-31)30(43)34-20(5)15-40(33(44)22-7-9-23(10-8-22)39-11-13-45-14-12-39)16-25(41)36-27(19(3)4)32-35-24(17-47-32)29(42)37-26/h7-10,17-20,26-27H,11-16H2,1-6H3,(H,34,43)(H,36,41)(H,37,42)/t20-,26-,27+/m1/s1. The van der Waals surface area contributed by atoms with Crippen LogP contribution in [-0.2, 0) is 9.53 Å². The van der Waals surface area contributed by atoms with Gasteiger partial charge in [0.05, 0.1) is 25.8 Å². The van der Waals surface area contributed by atoms with Crippen molar-refractivity contribution in [1.82, 2.24) is 30.8 Å². The molecule has 4 amide bonds. The average Bonchev–Trinajstić information content (AvgIpc) is 3.68. The maximum Gasteiger partial charge on any atom is 0.273 e. The van der Waals surface area contributed by atoms with E-state index in [-0.39, 0.29) is 54.0 Å². The van der Waals surface area contributed by atoms with Crippen LogP contribution in [0.15, 0.2) is 34.1 Å². The quantitative estimate of drug-likeness (QED) is 0.379. The maximum absolute atomic E-state index is 13.9. The van der Waals surface area contributed by atoms with Gasteiger partial charge in [-0.25, -0.2) is 9.97 Å². The molecule has 47 heavy (non-hydrogen) atoms. The highest BCUT2D eigenvalue weighted by Crippen LogP contribution is 2.28. The van der Waals surface area contributed by atoms with E-state index < -0.39 is 29.9 Å². The number of fused-ring (bicyclic) bond motifs is 4. The molecule has 14 heteroatoms. The fourth-order valence-electron chi connectivity index (χ4n) is 5.64. The van der Waals surface area contributed by atoms with E-state index in [4.69, 9.17) is 9.15 Å². The fourth-order valence-corrected chi connectivity index (χ4v) is 6.66. The van der Waals surface area contributed by atoms with Gasteiger partial charge in [0.15, 0.2) is 5.69 Å². The number of hydrogen-bond acceptors (Lipinski definition) is 10. The lowest BCUT2D eigenvalue weighted by molar-refractivity contribution is -0.122. The molecule has 5 rings (SSSR count). The van der Waals surface area contributed by atoms with Crippen molar-refractivity contribution in [1.29, 1.82) is 0 Å². The van der Waals surface area contributed by atoms with Crippen LogP contribution in [0, 0.1) is 18.8 Å². The summed E-state index contributed by atoms with van der Waals surface area (Å²) in [5.41, 5.74) is 1.69. The summed E-state index contributed by atoms with van der Waals surface area (Å²) < 4.78 is 11.3. The van der Waals surface area contributed by atoms with E-state index in [0.717, 1.165) is 18.8 Å². The van der Waals surface area contributed by atoms with Crippen molar-refractivity contribution < 1.29 is 28.3 Å². The van der Waals surface area contributed by atoms with Gasteiger partial charge in [-0.3, -0.25) is 19.2 Å². The Kier molecular flexibility index (Phi) is 10.6. The van der Waals surface area contributed by atoms with E-state index in [2.05, 4.69) is 30.8 Å². The molecular formula is C33H43N7O6S. The number of nitrogens with one attached hydrogen (secondary N) is 3. The third kappa shape index (κ3) is 7.99. The predicted molar refractivity (Wildman–Crippen MR) is 176 cm³/mol. The molecule has 0 unspecified atom stereocenters. The topological polar surface area (TPSA) is 159 Å². The molecule has 0 aliphatic carbocycles. The SMILES string of the molecule is Cc1oc2nc1C(=O)N[C@H](C)CN(C(=O)c1ccc(N3CCOCC3)cc1)CC(=O)N[C@@H](C(C)C)c1nc(cs1)C(=O)N[C@@H]2C(C)C. The lowest BCUT2D eigenvalue weighted by Crippen LogP contribution is -2.48. The van der Waals surface area contributed by atoms with E-state index in [1.807, 2.05) is 39.8 Å². The summed E-state index contributed by atoms with van der Waals surface area (Å²) in [6.07, 6.45) is 0. The van der Waals surface area contributed by atoms with Crippen molar-refractivity contribution in [2.24, 2.45) is 11.8 Å². The molecule has 4 heterocycles. The second kappa shape index (κ2) is 14.6. The van der Waals surface area contributed by atoms with Crippen LogP contribution < -0.4 is 20.9 Å². The number of rotatable bonds is 4. The normalized spacial score (nSPS) is 21.6. The molecule has 2 aliphatic rings. The Hall–Kier alpha value is -4.30. The summed E-state index contributed by atoms with van der Waals surface area (Å²) in [6.45, 7) is 13.8. The highest BCUT2D eigenvalue weighted by molar-refractivity contribution is 7.09. The van der Waals surface area contributed by atoms with Crippen molar-refractivity contribution in [3.63, 3.8) is 0 Å². The number of oxazole rings is 1. The van der Waals surface area contributed by atoms with Crippen molar-refractivity contribution in [3.05, 3.63) is 63.3 Å². The number of aryl methyl sites for hydroxylation is 1. The van der Waals surface area contributed by atoms with Gasteiger partial charge in [0.1, 0.15) is 22.5 Å². The van der Waals surface area contributed by atoms with Crippen molar-refractivity contribution in [2.45, 2.75) is 59.7 Å². The third-order valence-electron chi connectivity index (χ3n) is 8.24. The summed E-state index contributed by atoms with van der Waals surface area (Å²) in [6, 6.07) is 5.64. The number of aromatic nitrogens is 2. The van der Waals surface area contributed by atoms with Gasteiger partial charge in [0.25, 0.3) is 17.7 Å². The second-order valence-electron chi connectivity index (χ2n) is 12.7. The van der Waals surface area contributed by atoms with Gasteiger partial charge in [-0.2, -0.15) is 0 Å². The van der Waals surface area contributed by atoms with Gasteiger partial charge < -0.3 is 34.9 Å². The van der Waals surface area contributed by atoms with Gasteiger partial charge >= 0.3 is 0 Å². The van der Waals surface area contributed by atoms with Crippen molar-refractivity contribution >= 4 is 40.7 Å². The first kappa shape index (κ1) is 34.0. The van der Waals surface area contributed by atoms with E-state index in [0.29, 0.717) is 29.5 Å². The largest absolute Gasteiger partial charge is 0.443 e. The number of hydrogen-bond donors (Lipinski definition) is 3. The van der Waals surface area contributed by atoms with Crippen LogP contribution in [0.5, 0.6) is 0 Å². The summed E-state index contributed by atoms with van der Waals surface area (Å²) >= 11 is 1.28. The lowest BCUT2D eigenvalue weighted by atomic mass is 10.0. The molecule has 0 saturated carbocycles. The summed E-state index contributed by atoms with van der Waals surface area (Å²) in [7, 11) is 0. The first-order chi connectivity index (χ1) is 22.4. The Bertz CT molecular complexity index is 1590. The van der Waals surface area contributed by atoms with E-state index >= 15 is 0 Å². The Balaban J connectivity index is 1.46. The molecule has 0 spiro atoms. The van der Waals surface area contributed by atoms with Crippen LogP contribution in [0.25, 0.3) is 0 Å². The van der Waals surface area contributed by atoms with Crippen LogP contribution >= 0.6 is 11.3 Å². The second-order valence-corrected chi connectivity index (χ2v) is 13.6. The molecule has 0 radical (unpaired) electrons. The maximum atomic E-state index is 13.9. The number of nitrogens with zero attached hydrogens (tertiary/aromatic N) is 4. The molecule has 1 fully saturated rings. The smallest absolute Gasteiger partial charge is 0.273 e. The lowest BCUT2D eigenvalue weighted by Gasteiger charge is -2.29. The highest BCUT2D eigenvalue weighted by Gasteiger charge is 2.31. The van der Waals surface area contributed by atoms with E-state index in [9.17, 15) is 19.2 Å². The molecule has 2 aliphatic heterocycles. The van der Waals surface area contributed by atoms with Crippen LogP contribution in [0.1, 0.15) is 94.7 Å². The first-order valence-corrected chi connectivity index (χ1v) is 16.8. The molecule has 252 valence electrons. The molecule has 2 aromatic heterocycles. The van der Waals surface area contributed by atoms with Crippen LogP contribution in [-0.4, -0.2) is 83.9 Å². The highest BCUT2D eigenvalue weighted by atomic mass is 32.1. The molecule has 4 bridgehead atoms. The predicted octanol–water partition coefficient (Wildman–Crippen LogP) is 3.49. The zero-order chi connectivity index (χ0) is 33.8. The first-order valence-electron chi connectivity index (χ1n) is 16.0. The summed E-state index contributed by atoms with van der Waals surface area (Å²) in [4.78, 5) is 66.8. The molecule has 1 saturated heterocycles. The molecule has 3 aromatic rings. The Morgan fingerprint density at radius 3 is 2.28 bits per heavy atom. The molecule has 3 atom stereocenters. The molecule has 3 N–H and O–H groups in total. The van der Waals surface area contributed by atoms with Crippen molar-refractivity contribution in [2.75, 3.05) is 44.3 Å². The Morgan fingerprint density at radius 1 is 0.936 bits per heavy atom. The van der Waals surface area contributed by atoms with Crippen LogP contribution in [0.3, 0.4) is 0 Å². The monoisotopic (exact) mass is 665 g/mol. The van der Waals surface area contributed by atoms with Gasteiger partial charge in [-0.1, -0.05) is 27.7 Å². The Morgan fingerprint density at radius 2 is 1.62 bits per heavy atom. The number of anilines is 1. The number of amides is 4. The number of carbonyl (C=O) groups is 4. The number of ether oxygens (including phenoxy) is 1. The minimum Gasteiger partial charge on any atom is -0.443 e. The number of thiazole rings is 1. The molecule has 1 aromatic carbocycles. The average molecular weight is 666 g/mol. The van der Waals surface area contributed by atoms with Crippen LogP contribution in [0.4, 0.5) is 5.69 Å². The fraction of sp³-hybridized carbons (Fsp3) is 0.515. The number of morpholine rings is 1. The van der Waals surface area contributed by atoms with Gasteiger partial charge in [-0.05, 0) is 49.9 Å².